The van der Waals surface area contributed by atoms with Crippen molar-refractivity contribution in [3.8, 4) is 0 Å². The molecule has 7 nitrogen and oxygen atoms in total. The van der Waals surface area contributed by atoms with Gasteiger partial charge in [0.1, 0.15) is 18.0 Å². The molecule has 30 heavy (non-hydrogen) atoms. The maximum absolute atomic E-state index is 13.1. The summed E-state index contributed by atoms with van der Waals surface area (Å²) >= 11 is 24.7. The number of thioether (sulfide) groups is 1. The van der Waals surface area contributed by atoms with Crippen molar-refractivity contribution in [2.24, 2.45) is 0 Å². The van der Waals surface area contributed by atoms with E-state index < -0.39 is 56.4 Å². The molecule has 3 aliphatic heterocycles. The Bertz CT molecular complexity index is 931. The smallest absolute Gasteiger partial charge is 0.330 e. The van der Waals surface area contributed by atoms with Crippen LogP contribution < -0.4 is 0 Å². The summed E-state index contributed by atoms with van der Waals surface area (Å²) in [6, 6.07) is 4.19. The first kappa shape index (κ1) is 22.0. The maximum atomic E-state index is 13.1. The zero-order valence-corrected chi connectivity index (χ0v) is 19.2. The fourth-order valence-corrected chi connectivity index (χ4v) is 5.83. The third-order valence-electron chi connectivity index (χ3n) is 5.14. The van der Waals surface area contributed by atoms with Crippen LogP contribution in [0.5, 0.6) is 0 Å². The molecule has 0 radical (unpaired) electrons. The summed E-state index contributed by atoms with van der Waals surface area (Å²) in [6.07, 6.45) is 0. The summed E-state index contributed by atoms with van der Waals surface area (Å²) < 4.78 is 3.25. The highest BCUT2D eigenvalue weighted by Gasteiger charge is 2.65. The zero-order valence-electron chi connectivity index (χ0n) is 15.3. The quantitative estimate of drug-likeness (QED) is 0.268. The number of β-lactam (4-membered cyclic amide) rings is 1. The lowest BCUT2D eigenvalue weighted by Crippen LogP contribution is -2.78. The molecule has 0 saturated carbocycles. The van der Waals surface area contributed by atoms with Crippen LogP contribution in [-0.4, -0.2) is 72.0 Å². The summed E-state index contributed by atoms with van der Waals surface area (Å²) in [5.41, 5.74) is 0.491. The SMILES string of the molecule is C[C@@]1(Cl)CS[C@@H]2C(N3C(=O)c4ccccc4C3=O)C(=O)N2C1C(=O)OCC(Cl)(Cl)Cl. The average Bonchev–Trinajstić information content (AvgIpc) is 2.91. The highest BCUT2D eigenvalue weighted by Crippen LogP contribution is 2.48. The number of hydrogen-bond donors (Lipinski definition) is 0. The zero-order chi connectivity index (χ0) is 22.0. The van der Waals surface area contributed by atoms with E-state index in [9.17, 15) is 19.2 Å². The van der Waals surface area contributed by atoms with Crippen LogP contribution in [0.15, 0.2) is 24.3 Å². The van der Waals surface area contributed by atoms with E-state index in [1.54, 1.807) is 19.1 Å². The van der Waals surface area contributed by atoms with Crippen molar-refractivity contribution in [1.29, 1.82) is 0 Å². The molecule has 4 atom stereocenters. The minimum Gasteiger partial charge on any atom is -0.460 e. The van der Waals surface area contributed by atoms with Gasteiger partial charge >= 0.3 is 5.97 Å². The molecule has 3 aliphatic rings. The molecule has 2 unspecified atom stereocenters. The molecule has 0 aliphatic carbocycles. The van der Waals surface area contributed by atoms with E-state index in [1.807, 2.05) is 0 Å². The summed E-state index contributed by atoms with van der Waals surface area (Å²) in [5.74, 6) is -2.19. The Kier molecular flexibility index (Phi) is 5.47. The Morgan fingerprint density at radius 1 is 1.20 bits per heavy atom. The maximum Gasteiger partial charge on any atom is 0.330 e. The highest BCUT2D eigenvalue weighted by molar-refractivity contribution is 8.00. The van der Waals surface area contributed by atoms with Crippen molar-refractivity contribution in [2.75, 3.05) is 12.4 Å². The van der Waals surface area contributed by atoms with Crippen LogP contribution in [0.2, 0.25) is 0 Å². The number of halogens is 4. The molecular formula is C18H14Cl4N2O5S. The Morgan fingerprint density at radius 2 is 1.77 bits per heavy atom. The topological polar surface area (TPSA) is 84.0 Å². The largest absolute Gasteiger partial charge is 0.460 e. The molecule has 3 heterocycles. The number of nitrogens with zero attached hydrogens (tertiary/aromatic N) is 2. The van der Waals surface area contributed by atoms with Gasteiger partial charge in [-0.05, 0) is 19.1 Å². The van der Waals surface area contributed by atoms with Gasteiger partial charge in [-0.2, -0.15) is 0 Å². The molecule has 0 spiro atoms. The predicted molar refractivity (Wildman–Crippen MR) is 113 cm³/mol. The third kappa shape index (κ3) is 3.46. The van der Waals surface area contributed by atoms with E-state index >= 15 is 0 Å². The molecule has 1 aromatic rings. The molecule has 12 heteroatoms. The minimum atomic E-state index is -1.82. The number of hydrogen-bond acceptors (Lipinski definition) is 6. The van der Waals surface area contributed by atoms with Gasteiger partial charge in [-0.25, -0.2) is 4.79 Å². The Morgan fingerprint density at radius 3 is 2.30 bits per heavy atom. The Balaban J connectivity index is 1.59. The second-order valence-electron chi connectivity index (χ2n) is 7.32. The van der Waals surface area contributed by atoms with Crippen LogP contribution in [0.4, 0.5) is 0 Å². The second-order valence-corrected chi connectivity index (χ2v) is 11.8. The van der Waals surface area contributed by atoms with Crippen LogP contribution in [0.25, 0.3) is 0 Å². The van der Waals surface area contributed by atoms with Gasteiger partial charge in [-0.15, -0.1) is 23.4 Å². The number of carbonyl (C=O) groups excluding carboxylic acids is 4. The van der Waals surface area contributed by atoms with E-state index in [0.717, 1.165) is 4.90 Å². The predicted octanol–water partition coefficient (Wildman–Crippen LogP) is 2.85. The number of benzene rings is 1. The van der Waals surface area contributed by atoms with Gasteiger partial charge < -0.3 is 9.64 Å². The molecule has 2 fully saturated rings. The number of alkyl halides is 4. The molecule has 2 saturated heterocycles. The van der Waals surface area contributed by atoms with Crippen LogP contribution in [0, 0.1) is 0 Å². The molecule has 160 valence electrons. The number of esters is 1. The lowest BCUT2D eigenvalue weighted by Gasteiger charge is -2.57. The monoisotopic (exact) mass is 510 g/mol. The van der Waals surface area contributed by atoms with Crippen molar-refractivity contribution >= 4 is 81.9 Å². The van der Waals surface area contributed by atoms with Gasteiger partial charge in [0.05, 0.1) is 16.0 Å². The lowest BCUT2D eigenvalue weighted by molar-refractivity contribution is -0.168. The van der Waals surface area contributed by atoms with Gasteiger partial charge in [0.2, 0.25) is 3.79 Å². The lowest BCUT2D eigenvalue weighted by atomic mass is 9.93. The van der Waals surface area contributed by atoms with Gasteiger partial charge in [0, 0.05) is 5.75 Å². The van der Waals surface area contributed by atoms with Crippen LogP contribution in [-0.2, 0) is 14.3 Å². The number of fused-ring (bicyclic) bond motifs is 2. The summed E-state index contributed by atoms with van der Waals surface area (Å²) in [4.78, 5) is 52.4. The van der Waals surface area contributed by atoms with Crippen LogP contribution >= 0.6 is 58.2 Å². The van der Waals surface area contributed by atoms with Crippen molar-refractivity contribution in [1.82, 2.24) is 9.80 Å². The highest BCUT2D eigenvalue weighted by atomic mass is 35.6. The number of imide groups is 1. The number of rotatable bonds is 3. The molecule has 4 rings (SSSR count). The van der Waals surface area contributed by atoms with E-state index in [2.05, 4.69) is 0 Å². The molecule has 3 amide bonds. The van der Waals surface area contributed by atoms with Crippen LogP contribution in [0.3, 0.4) is 0 Å². The average molecular weight is 512 g/mol. The molecule has 0 aromatic heterocycles. The van der Waals surface area contributed by atoms with E-state index in [1.165, 1.54) is 28.8 Å². The van der Waals surface area contributed by atoms with Gasteiger partial charge in [0.25, 0.3) is 17.7 Å². The summed E-state index contributed by atoms with van der Waals surface area (Å²) in [5, 5.41) is -0.628. The Hall–Kier alpha value is -1.19. The molecule has 0 N–H and O–H groups in total. The normalized spacial score (nSPS) is 30.7. The summed E-state index contributed by atoms with van der Waals surface area (Å²) in [7, 11) is 0. The number of ether oxygens (including phenoxy) is 1. The van der Waals surface area contributed by atoms with Crippen LogP contribution in [0.1, 0.15) is 27.6 Å². The number of carbonyl (C=O) groups is 4. The second kappa shape index (κ2) is 7.45. The Labute approximate surface area is 195 Å². The standard InChI is InChI=1S/C18H14Cl4N2O5S/c1-17(19)7-30-15-10(23-12(25)8-4-2-3-5-9(8)13(23)26)14(27)24(15)11(17)16(28)29-6-18(20,21)22/h2-5,10-11,15H,6-7H2,1H3/t10?,11?,15-,17-/m1/s1. The number of amides is 3. The van der Waals surface area contributed by atoms with E-state index in [4.69, 9.17) is 51.1 Å². The fourth-order valence-electron chi connectivity index (χ4n) is 3.82. The van der Waals surface area contributed by atoms with Crippen molar-refractivity contribution in [3.05, 3.63) is 35.4 Å². The van der Waals surface area contributed by atoms with Crippen molar-refractivity contribution < 1.29 is 23.9 Å². The van der Waals surface area contributed by atoms with E-state index in [0.29, 0.717) is 0 Å². The first-order valence-corrected chi connectivity index (χ1v) is 11.3. The van der Waals surface area contributed by atoms with Crippen molar-refractivity contribution in [2.45, 2.75) is 33.0 Å². The van der Waals surface area contributed by atoms with Gasteiger partial charge in [0.15, 0.2) is 6.04 Å². The third-order valence-corrected chi connectivity index (χ3v) is 7.56. The molecule has 0 bridgehead atoms. The van der Waals surface area contributed by atoms with Gasteiger partial charge in [-0.3, -0.25) is 19.3 Å². The molecular weight excluding hydrogens is 498 g/mol. The minimum absolute atomic E-state index is 0.246. The summed E-state index contributed by atoms with van der Waals surface area (Å²) in [6.45, 7) is 1.09. The van der Waals surface area contributed by atoms with E-state index in [-0.39, 0.29) is 16.9 Å². The van der Waals surface area contributed by atoms with Gasteiger partial charge in [-0.1, -0.05) is 46.9 Å². The molecule has 1 aromatic carbocycles. The van der Waals surface area contributed by atoms with Crippen molar-refractivity contribution in [3.63, 3.8) is 0 Å². The first-order valence-electron chi connectivity index (χ1n) is 8.77. The fraction of sp³-hybridized carbons (Fsp3) is 0.444. The first-order chi connectivity index (χ1) is 13.9.